The lowest BCUT2D eigenvalue weighted by Gasteiger charge is -2.45. The number of thiophene rings is 1. The fourth-order valence-corrected chi connectivity index (χ4v) is 5.60. The fraction of sp³-hybridized carbons (Fsp3) is 0.379. The van der Waals surface area contributed by atoms with Crippen LogP contribution in [-0.4, -0.2) is 54.9 Å². The number of benzene rings is 2. The van der Waals surface area contributed by atoms with Crippen LogP contribution in [0.4, 0.5) is 4.39 Å². The lowest BCUT2D eigenvalue weighted by Crippen LogP contribution is -2.59. The first kappa shape index (κ1) is 29.2. The molecule has 0 aliphatic carbocycles. The quantitative estimate of drug-likeness (QED) is 0.286. The molecule has 1 aromatic heterocycles. The summed E-state index contributed by atoms with van der Waals surface area (Å²) < 4.78 is 44.0. The van der Waals surface area contributed by atoms with E-state index in [4.69, 9.17) is 23.7 Å². The third-order valence-electron chi connectivity index (χ3n) is 6.33. The van der Waals surface area contributed by atoms with Crippen LogP contribution in [0.5, 0.6) is 0 Å². The molecule has 40 heavy (non-hydrogen) atoms. The first-order chi connectivity index (χ1) is 19.0. The Morgan fingerprint density at radius 1 is 0.825 bits per heavy atom. The molecule has 4 rings (SSSR count). The molecule has 5 atom stereocenters. The third-order valence-corrected chi connectivity index (χ3v) is 7.20. The molecule has 0 amide bonds. The average molecular weight is 573 g/mol. The highest BCUT2D eigenvalue weighted by molar-refractivity contribution is 7.09. The SMILES string of the molecule is CC(=O)OC[C@H]1O[C@@H](c2cc(Cc3cccs3)c(F)c3ccccc23)[C@H](OC(C)=O)[C@@H](OC(C)=O)[C@@H]1OC(C)=O. The molecule has 0 bridgehead atoms. The predicted molar refractivity (Wildman–Crippen MR) is 142 cm³/mol. The van der Waals surface area contributed by atoms with Gasteiger partial charge >= 0.3 is 23.9 Å². The lowest BCUT2D eigenvalue weighted by atomic mass is 9.86. The minimum Gasteiger partial charge on any atom is -0.463 e. The zero-order chi connectivity index (χ0) is 29.0. The first-order valence-corrected chi connectivity index (χ1v) is 13.5. The second-order valence-corrected chi connectivity index (χ2v) is 10.4. The van der Waals surface area contributed by atoms with Gasteiger partial charge in [-0.25, -0.2) is 4.39 Å². The molecule has 212 valence electrons. The number of hydrogen-bond donors (Lipinski definition) is 0. The number of ether oxygens (including phenoxy) is 5. The van der Waals surface area contributed by atoms with Crippen molar-refractivity contribution in [2.45, 2.75) is 64.6 Å². The summed E-state index contributed by atoms with van der Waals surface area (Å²) in [5.74, 6) is -3.17. The van der Waals surface area contributed by atoms with Crippen LogP contribution in [0.25, 0.3) is 10.8 Å². The zero-order valence-corrected chi connectivity index (χ0v) is 23.2. The van der Waals surface area contributed by atoms with E-state index in [1.807, 2.05) is 17.5 Å². The highest BCUT2D eigenvalue weighted by atomic mass is 32.1. The molecule has 0 saturated carbocycles. The van der Waals surface area contributed by atoms with Crippen LogP contribution in [0, 0.1) is 5.82 Å². The van der Waals surface area contributed by atoms with E-state index in [9.17, 15) is 19.2 Å². The molecule has 1 aliphatic heterocycles. The van der Waals surface area contributed by atoms with Crippen LogP contribution in [0.15, 0.2) is 47.8 Å². The van der Waals surface area contributed by atoms with Gasteiger partial charge < -0.3 is 23.7 Å². The first-order valence-electron chi connectivity index (χ1n) is 12.6. The van der Waals surface area contributed by atoms with Crippen molar-refractivity contribution < 1.29 is 47.3 Å². The number of carbonyl (C=O) groups excluding carboxylic acids is 4. The molecule has 0 unspecified atom stereocenters. The Morgan fingerprint density at radius 2 is 1.45 bits per heavy atom. The van der Waals surface area contributed by atoms with Crippen molar-refractivity contribution in [2.24, 2.45) is 0 Å². The van der Waals surface area contributed by atoms with Gasteiger partial charge in [-0.3, -0.25) is 19.2 Å². The maximum absolute atomic E-state index is 15.8. The van der Waals surface area contributed by atoms with E-state index in [0.29, 0.717) is 28.3 Å². The van der Waals surface area contributed by atoms with Crippen molar-refractivity contribution in [1.29, 1.82) is 0 Å². The summed E-state index contributed by atoms with van der Waals surface area (Å²) in [4.78, 5) is 49.1. The Morgan fingerprint density at radius 3 is 2.05 bits per heavy atom. The van der Waals surface area contributed by atoms with Gasteiger partial charge in [0, 0.05) is 44.4 Å². The van der Waals surface area contributed by atoms with Gasteiger partial charge in [-0.1, -0.05) is 30.3 Å². The minimum atomic E-state index is -1.32. The molecule has 1 fully saturated rings. The zero-order valence-electron chi connectivity index (χ0n) is 22.4. The van der Waals surface area contributed by atoms with E-state index in [2.05, 4.69) is 0 Å². The van der Waals surface area contributed by atoms with Gasteiger partial charge in [-0.15, -0.1) is 11.3 Å². The smallest absolute Gasteiger partial charge is 0.303 e. The van der Waals surface area contributed by atoms with Crippen LogP contribution < -0.4 is 0 Å². The number of rotatable bonds is 8. The Labute approximate surface area is 234 Å². The molecule has 1 aliphatic rings. The van der Waals surface area contributed by atoms with E-state index in [1.54, 1.807) is 30.3 Å². The number of carbonyl (C=O) groups is 4. The van der Waals surface area contributed by atoms with Gasteiger partial charge in [0.2, 0.25) is 0 Å². The second kappa shape index (κ2) is 12.6. The number of hydrogen-bond acceptors (Lipinski definition) is 10. The summed E-state index contributed by atoms with van der Waals surface area (Å²) in [6, 6.07) is 12.2. The third kappa shape index (κ3) is 6.65. The van der Waals surface area contributed by atoms with Crippen molar-refractivity contribution in [3.63, 3.8) is 0 Å². The molecule has 0 radical (unpaired) electrons. The summed E-state index contributed by atoms with van der Waals surface area (Å²) >= 11 is 1.48. The highest BCUT2D eigenvalue weighted by Crippen LogP contribution is 2.41. The summed E-state index contributed by atoms with van der Waals surface area (Å²) in [5.41, 5.74) is 0.838. The van der Waals surface area contributed by atoms with Crippen LogP contribution in [0.3, 0.4) is 0 Å². The maximum Gasteiger partial charge on any atom is 0.303 e. The monoisotopic (exact) mass is 572 g/mol. The summed E-state index contributed by atoms with van der Waals surface area (Å²) in [6.07, 6.45) is -5.82. The van der Waals surface area contributed by atoms with E-state index < -0.39 is 60.2 Å². The Hall–Kier alpha value is -3.83. The molecular formula is C29H29FO9S. The van der Waals surface area contributed by atoms with Crippen molar-refractivity contribution in [2.75, 3.05) is 6.61 Å². The molecule has 1 saturated heterocycles. The van der Waals surface area contributed by atoms with Crippen molar-refractivity contribution in [1.82, 2.24) is 0 Å². The molecule has 11 heteroatoms. The number of halogens is 1. The second-order valence-electron chi connectivity index (χ2n) is 9.36. The molecule has 0 spiro atoms. The fourth-order valence-electron chi connectivity index (χ4n) is 4.87. The summed E-state index contributed by atoms with van der Waals surface area (Å²) in [7, 11) is 0. The van der Waals surface area contributed by atoms with Gasteiger partial charge in [0.15, 0.2) is 18.3 Å². The molecule has 3 aromatic rings. The van der Waals surface area contributed by atoms with E-state index in [0.717, 1.165) is 18.7 Å². The van der Waals surface area contributed by atoms with Gasteiger partial charge in [0.1, 0.15) is 24.6 Å². The van der Waals surface area contributed by atoms with Crippen molar-refractivity contribution in [3.8, 4) is 0 Å². The Bertz CT molecular complexity index is 1400. The van der Waals surface area contributed by atoms with E-state index in [-0.39, 0.29) is 6.61 Å². The van der Waals surface area contributed by atoms with E-state index >= 15 is 4.39 Å². The normalized spacial score (nSPS) is 22.4. The lowest BCUT2D eigenvalue weighted by molar-refractivity contribution is -0.254. The predicted octanol–water partition coefficient (Wildman–Crippen LogP) is 4.43. The largest absolute Gasteiger partial charge is 0.463 e. The van der Waals surface area contributed by atoms with Crippen LogP contribution in [0.1, 0.15) is 49.8 Å². The minimum absolute atomic E-state index is 0.298. The average Bonchev–Trinajstić information content (AvgIpc) is 3.39. The Kier molecular flexibility index (Phi) is 9.16. The summed E-state index contributed by atoms with van der Waals surface area (Å²) in [6.45, 7) is 4.35. The van der Waals surface area contributed by atoms with Crippen LogP contribution in [-0.2, 0) is 49.3 Å². The Balaban J connectivity index is 1.91. The molecule has 9 nitrogen and oxygen atoms in total. The van der Waals surface area contributed by atoms with Crippen LogP contribution >= 0.6 is 11.3 Å². The molecule has 0 N–H and O–H groups in total. The van der Waals surface area contributed by atoms with Gasteiger partial charge in [0.25, 0.3) is 0 Å². The standard InChI is InChI=1S/C29H29FO9S/c1-15(31)35-14-24-27(36-16(2)32)29(38-18(4)34)28(37-17(3)33)26(39-24)23-13-19(12-20-8-7-11-40-20)25(30)22-10-6-5-9-21(22)23/h5-11,13,24,26-29H,12,14H2,1-4H3/t24-,26+,27-,28+,29+/m1/s1. The molecular weight excluding hydrogens is 543 g/mol. The van der Waals surface area contributed by atoms with Gasteiger partial charge in [0.05, 0.1) is 0 Å². The molecule has 2 heterocycles. The summed E-state index contributed by atoms with van der Waals surface area (Å²) in [5, 5.41) is 2.70. The number of esters is 4. The van der Waals surface area contributed by atoms with Crippen molar-refractivity contribution >= 4 is 46.0 Å². The van der Waals surface area contributed by atoms with Gasteiger partial charge in [-0.05, 0) is 34.0 Å². The highest BCUT2D eigenvalue weighted by Gasteiger charge is 2.53. The topological polar surface area (TPSA) is 114 Å². The number of fused-ring (bicyclic) bond motifs is 1. The van der Waals surface area contributed by atoms with Crippen LogP contribution in [0.2, 0.25) is 0 Å². The van der Waals surface area contributed by atoms with E-state index in [1.165, 1.54) is 25.2 Å². The van der Waals surface area contributed by atoms with Gasteiger partial charge in [-0.2, -0.15) is 0 Å². The van der Waals surface area contributed by atoms with Crippen molar-refractivity contribution in [3.05, 3.63) is 69.7 Å². The molecule has 2 aromatic carbocycles. The maximum atomic E-state index is 15.8.